The summed E-state index contributed by atoms with van der Waals surface area (Å²) in [5.74, 6) is 3.07. The third-order valence-corrected chi connectivity index (χ3v) is 13.1. The molecule has 0 amide bonds. The van der Waals surface area contributed by atoms with Crippen LogP contribution in [0.5, 0.6) is 11.5 Å². The Morgan fingerprint density at radius 3 is 1.77 bits per heavy atom. The van der Waals surface area contributed by atoms with Gasteiger partial charge in [0.15, 0.2) is 0 Å². The minimum Gasteiger partial charge on any atom is -0.457 e. The van der Waals surface area contributed by atoms with Gasteiger partial charge in [-0.15, -0.1) is 0 Å². The number of hydrogen-bond donors (Lipinski definition) is 0. The van der Waals surface area contributed by atoms with Gasteiger partial charge < -0.3 is 14.5 Å². The number of benzene rings is 5. The van der Waals surface area contributed by atoms with Crippen LogP contribution in [0.4, 0.5) is 22.7 Å². The Kier molecular flexibility index (Phi) is 10.9. The van der Waals surface area contributed by atoms with Crippen LogP contribution in [0.3, 0.4) is 0 Å². The molecule has 3 heterocycles. The molecule has 5 nitrogen and oxygen atoms in total. The van der Waals surface area contributed by atoms with E-state index in [0.29, 0.717) is 12.6 Å². The lowest BCUT2D eigenvalue weighted by Gasteiger charge is -2.26. The highest BCUT2D eigenvalue weighted by Gasteiger charge is 2.32. The molecule has 0 saturated carbocycles. The Bertz CT molecular complexity index is 2780. The van der Waals surface area contributed by atoms with Gasteiger partial charge in [-0.05, 0) is 135 Å². The third-order valence-electron chi connectivity index (χ3n) is 13.1. The first-order valence-electron chi connectivity index (χ1n) is 22.8. The van der Waals surface area contributed by atoms with Crippen molar-refractivity contribution in [1.29, 1.82) is 0 Å². The number of hydrogen-bond acceptors (Lipinski definition) is 4. The molecule has 2 aromatic heterocycles. The van der Waals surface area contributed by atoms with Crippen LogP contribution in [0.2, 0.25) is 0 Å². The minimum absolute atomic E-state index is 0.000805. The monoisotopic (exact) mass is 825 g/mol. The average Bonchev–Trinajstić information content (AvgIpc) is 3.75. The molecule has 0 N–H and O–H groups in total. The normalized spacial score (nSPS) is 13.8. The highest BCUT2D eigenvalue weighted by molar-refractivity contribution is 6.09. The quantitative estimate of drug-likeness (QED) is 0.153. The van der Waals surface area contributed by atoms with Crippen LogP contribution in [0.25, 0.3) is 27.6 Å². The van der Waals surface area contributed by atoms with Crippen LogP contribution in [-0.4, -0.2) is 16.2 Å². The summed E-state index contributed by atoms with van der Waals surface area (Å²) in [4.78, 5) is 9.96. The molecule has 0 saturated heterocycles. The SMILES string of the molecule is CCC(CC)c1cccc(N2CN(c3cc(Oc4ccc5c6ccc(C(C)(C)C)cc6n(-c6cc(C(C)(C)C)ccn6)c5c4)cc(C(C)(C)C)c3)c3ccc(C(C)(C)C)cc32)c1. The van der Waals surface area contributed by atoms with E-state index in [-0.39, 0.29) is 21.7 Å². The van der Waals surface area contributed by atoms with E-state index in [0.717, 1.165) is 46.9 Å². The molecule has 1 aliphatic rings. The molecule has 0 bridgehead atoms. The summed E-state index contributed by atoms with van der Waals surface area (Å²) in [5, 5.41) is 2.38. The van der Waals surface area contributed by atoms with Gasteiger partial charge in [-0.25, -0.2) is 4.98 Å². The molecule has 0 unspecified atom stereocenters. The average molecular weight is 825 g/mol. The maximum Gasteiger partial charge on any atom is 0.137 e. The van der Waals surface area contributed by atoms with Crippen molar-refractivity contribution in [3.63, 3.8) is 0 Å². The van der Waals surface area contributed by atoms with Gasteiger partial charge in [0.25, 0.3) is 0 Å². The van der Waals surface area contributed by atoms with Crippen molar-refractivity contribution >= 4 is 44.6 Å². The molecule has 322 valence electrons. The molecule has 62 heavy (non-hydrogen) atoms. The van der Waals surface area contributed by atoms with Crippen LogP contribution < -0.4 is 14.5 Å². The summed E-state index contributed by atoms with van der Waals surface area (Å²) >= 11 is 0. The fraction of sp³-hybridized carbons (Fsp3) is 0.386. The number of pyridine rings is 1. The largest absolute Gasteiger partial charge is 0.457 e. The van der Waals surface area contributed by atoms with Gasteiger partial charge in [0.1, 0.15) is 24.0 Å². The lowest BCUT2D eigenvalue weighted by atomic mass is 9.86. The Morgan fingerprint density at radius 2 is 1.11 bits per heavy atom. The van der Waals surface area contributed by atoms with Crippen LogP contribution >= 0.6 is 0 Å². The van der Waals surface area contributed by atoms with Crippen molar-refractivity contribution in [2.75, 3.05) is 16.5 Å². The predicted octanol–water partition coefficient (Wildman–Crippen LogP) is 16.3. The second-order valence-electron chi connectivity index (χ2n) is 21.8. The number of aromatic nitrogens is 2. The van der Waals surface area contributed by atoms with Crippen molar-refractivity contribution in [3.05, 3.63) is 143 Å². The summed E-state index contributed by atoms with van der Waals surface area (Å²) in [5.41, 5.74) is 13.4. The van der Waals surface area contributed by atoms with E-state index >= 15 is 0 Å². The van der Waals surface area contributed by atoms with Crippen molar-refractivity contribution < 1.29 is 4.74 Å². The van der Waals surface area contributed by atoms with Crippen molar-refractivity contribution in [1.82, 2.24) is 9.55 Å². The van der Waals surface area contributed by atoms with E-state index in [1.54, 1.807) is 0 Å². The number of ether oxygens (including phenoxy) is 1. The predicted molar refractivity (Wildman–Crippen MR) is 265 cm³/mol. The molecule has 0 fully saturated rings. The van der Waals surface area contributed by atoms with Gasteiger partial charge in [0, 0.05) is 40.5 Å². The molecule has 0 atom stereocenters. The van der Waals surface area contributed by atoms with Crippen molar-refractivity contribution in [3.8, 4) is 17.3 Å². The first kappa shape index (κ1) is 43.1. The highest BCUT2D eigenvalue weighted by Crippen LogP contribution is 2.48. The van der Waals surface area contributed by atoms with Gasteiger partial charge in [-0.1, -0.05) is 127 Å². The van der Waals surface area contributed by atoms with Crippen LogP contribution in [0.1, 0.15) is 144 Å². The van der Waals surface area contributed by atoms with E-state index < -0.39 is 0 Å². The van der Waals surface area contributed by atoms with Gasteiger partial charge in [-0.2, -0.15) is 0 Å². The first-order chi connectivity index (χ1) is 29.1. The smallest absolute Gasteiger partial charge is 0.137 e. The zero-order valence-electron chi connectivity index (χ0n) is 39.9. The van der Waals surface area contributed by atoms with Gasteiger partial charge in [0.05, 0.1) is 22.4 Å². The topological polar surface area (TPSA) is 33.5 Å². The summed E-state index contributed by atoms with van der Waals surface area (Å²) in [7, 11) is 0. The van der Waals surface area contributed by atoms with Crippen LogP contribution in [0.15, 0.2) is 115 Å². The Labute approximate surface area is 371 Å². The second kappa shape index (κ2) is 15.7. The second-order valence-corrected chi connectivity index (χ2v) is 21.8. The van der Waals surface area contributed by atoms with Crippen molar-refractivity contribution in [2.24, 2.45) is 0 Å². The third kappa shape index (κ3) is 8.23. The zero-order valence-corrected chi connectivity index (χ0v) is 39.9. The van der Waals surface area contributed by atoms with E-state index in [9.17, 15) is 0 Å². The van der Waals surface area contributed by atoms with Crippen LogP contribution in [0, 0.1) is 0 Å². The standard InChI is InChI=1S/C57H68N4O/c1-15-37(16-2)38-18-17-19-43(28-38)59-36-60(49-25-21-40(32-52(49)59)55(6,7)8)44-29-42(57(12,13)14)30-46(34-44)62-45-22-24-48-47-23-20-39(54(3,4)5)31-50(47)61(51(48)35-45)53-33-41(26-27-58-53)56(9,10)11/h17-35,37H,15-16,36H2,1-14H3. The Morgan fingerprint density at radius 1 is 0.516 bits per heavy atom. The summed E-state index contributed by atoms with van der Waals surface area (Å²) in [6.45, 7) is 32.7. The van der Waals surface area contributed by atoms with E-state index in [1.165, 1.54) is 55.7 Å². The lowest BCUT2D eigenvalue weighted by Crippen LogP contribution is -2.24. The number of fused-ring (bicyclic) bond motifs is 4. The molecule has 0 aliphatic carbocycles. The van der Waals surface area contributed by atoms with Crippen molar-refractivity contribution in [2.45, 2.75) is 137 Å². The van der Waals surface area contributed by atoms with E-state index in [4.69, 9.17) is 9.72 Å². The Hall–Kier alpha value is -5.55. The number of anilines is 4. The van der Waals surface area contributed by atoms with Crippen LogP contribution in [-0.2, 0) is 21.7 Å². The molecular weight excluding hydrogens is 757 g/mol. The van der Waals surface area contributed by atoms with Gasteiger partial charge in [0.2, 0.25) is 0 Å². The molecule has 7 aromatic rings. The minimum atomic E-state index is -0.110. The highest BCUT2D eigenvalue weighted by atomic mass is 16.5. The number of nitrogens with zero attached hydrogens (tertiary/aromatic N) is 4. The summed E-state index contributed by atoms with van der Waals surface area (Å²) in [6, 6.07) is 40.9. The maximum absolute atomic E-state index is 7.02. The number of rotatable bonds is 8. The van der Waals surface area contributed by atoms with E-state index in [2.05, 4.69) is 220 Å². The van der Waals surface area contributed by atoms with Gasteiger partial charge >= 0.3 is 0 Å². The maximum atomic E-state index is 7.02. The molecule has 8 rings (SSSR count). The summed E-state index contributed by atoms with van der Waals surface area (Å²) in [6.07, 6.45) is 4.22. The molecule has 5 heteroatoms. The summed E-state index contributed by atoms with van der Waals surface area (Å²) < 4.78 is 9.35. The Balaban J connectivity index is 1.25. The lowest BCUT2D eigenvalue weighted by molar-refractivity contribution is 0.479. The first-order valence-corrected chi connectivity index (χ1v) is 22.8. The molecule has 1 aliphatic heterocycles. The molecule has 0 radical (unpaired) electrons. The molecular formula is C57H68N4O. The van der Waals surface area contributed by atoms with E-state index in [1.807, 2.05) is 6.20 Å². The fourth-order valence-corrected chi connectivity index (χ4v) is 9.03. The molecule has 5 aromatic carbocycles. The zero-order chi connectivity index (χ0) is 44.5. The fourth-order valence-electron chi connectivity index (χ4n) is 9.03. The molecule has 0 spiro atoms. The van der Waals surface area contributed by atoms with Gasteiger partial charge in [-0.3, -0.25) is 4.57 Å².